The highest BCUT2D eigenvalue weighted by atomic mass is 79.9. The van der Waals surface area contributed by atoms with E-state index in [0.29, 0.717) is 0 Å². The molecule has 0 N–H and O–H groups in total. The molecule has 2 fully saturated rings. The van der Waals surface area contributed by atoms with Gasteiger partial charge in [0.25, 0.3) is 0 Å². The summed E-state index contributed by atoms with van der Waals surface area (Å²) in [6.07, 6.45) is 5.10. The molecule has 1 aliphatic carbocycles. The summed E-state index contributed by atoms with van der Waals surface area (Å²) in [5, 5.41) is 0. The number of carbonyl (C=O) groups excluding carboxylic acids is 1. The van der Waals surface area contributed by atoms with E-state index < -0.39 is 0 Å². The first-order valence-corrected chi connectivity index (χ1v) is 7.07. The van der Waals surface area contributed by atoms with Crippen LogP contribution in [0.3, 0.4) is 0 Å². The lowest BCUT2D eigenvalue weighted by Crippen LogP contribution is -2.20. The zero-order chi connectivity index (χ0) is 11.8. The molecule has 17 heavy (non-hydrogen) atoms. The third-order valence-corrected chi connectivity index (χ3v) is 4.89. The highest BCUT2D eigenvalue weighted by Gasteiger charge is 2.36. The Morgan fingerprint density at radius 3 is 2.53 bits per heavy atom. The number of carbonyl (C=O) groups is 1. The first kappa shape index (κ1) is 11.3. The predicted octanol–water partition coefficient (Wildman–Crippen LogP) is 3.50. The van der Waals surface area contributed by atoms with Crippen molar-refractivity contribution in [1.29, 1.82) is 0 Å². The van der Waals surface area contributed by atoms with Crippen LogP contribution in [0.2, 0.25) is 0 Å². The SMILES string of the molecule is O=Cc1ccc(N2CC3CCCC3C2)cc1Br. The molecule has 0 aromatic heterocycles. The Balaban J connectivity index is 1.81. The summed E-state index contributed by atoms with van der Waals surface area (Å²) in [5.41, 5.74) is 1.98. The molecule has 1 saturated heterocycles. The summed E-state index contributed by atoms with van der Waals surface area (Å²) in [7, 11) is 0. The number of fused-ring (bicyclic) bond motifs is 1. The van der Waals surface area contributed by atoms with Gasteiger partial charge >= 0.3 is 0 Å². The van der Waals surface area contributed by atoms with E-state index >= 15 is 0 Å². The Labute approximate surface area is 110 Å². The molecule has 2 aliphatic rings. The fraction of sp³-hybridized carbons (Fsp3) is 0.500. The van der Waals surface area contributed by atoms with Crippen molar-refractivity contribution in [2.75, 3.05) is 18.0 Å². The monoisotopic (exact) mass is 293 g/mol. The van der Waals surface area contributed by atoms with Crippen LogP contribution < -0.4 is 4.90 Å². The maximum Gasteiger partial charge on any atom is 0.151 e. The van der Waals surface area contributed by atoms with E-state index in [2.05, 4.69) is 33.0 Å². The van der Waals surface area contributed by atoms with Gasteiger partial charge in [0.2, 0.25) is 0 Å². The maximum absolute atomic E-state index is 10.8. The van der Waals surface area contributed by atoms with E-state index in [-0.39, 0.29) is 0 Å². The van der Waals surface area contributed by atoms with Gasteiger partial charge < -0.3 is 4.90 Å². The molecule has 90 valence electrons. The molecule has 1 aliphatic heterocycles. The second-order valence-electron chi connectivity index (χ2n) is 5.18. The van der Waals surface area contributed by atoms with Gasteiger partial charge in [-0.3, -0.25) is 4.79 Å². The third kappa shape index (κ3) is 2.01. The van der Waals surface area contributed by atoms with Crippen molar-refractivity contribution in [3.8, 4) is 0 Å². The van der Waals surface area contributed by atoms with E-state index in [0.717, 1.165) is 28.2 Å². The van der Waals surface area contributed by atoms with Crippen LogP contribution >= 0.6 is 15.9 Å². The van der Waals surface area contributed by atoms with Crippen LogP contribution in [-0.4, -0.2) is 19.4 Å². The number of aldehydes is 1. The molecule has 3 heteroatoms. The van der Waals surface area contributed by atoms with Crippen molar-refractivity contribution in [2.24, 2.45) is 11.8 Å². The van der Waals surface area contributed by atoms with Crippen LogP contribution in [0.25, 0.3) is 0 Å². The number of nitrogens with zero attached hydrogens (tertiary/aromatic N) is 1. The number of anilines is 1. The molecule has 0 bridgehead atoms. The number of halogens is 1. The topological polar surface area (TPSA) is 20.3 Å². The minimum absolute atomic E-state index is 0.730. The standard InChI is InChI=1S/C14H16BrNO/c15-14-6-13(5-4-12(14)9-17)16-7-10-2-1-3-11(10)8-16/h4-6,9-11H,1-3,7-8H2. The van der Waals surface area contributed by atoms with Gasteiger partial charge in [-0.2, -0.15) is 0 Å². The zero-order valence-corrected chi connectivity index (χ0v) is 11.3. The van der Waals surface area contributed by atoms with Crippen LogP contribution in [0.4, 0.5) is 5.69 Å². The van der Waals surface area contributed by atoms with E-state index in [1.165, 1.54) is 38.0 Å². The largest absolute Gasteiger partial charge is 0.371 e. The zero-order valence-electron chi connectivity index (χ0n) is 9.73. The third-order valence-electron chi connectivity index (χ3n) is 4.20. The molecule has 1 aromatic carbocycles. The summed E-state index contributed by atoms with van der Waals surface area (Å²) in [6, 6.07) is 6.04. The first-order valence-electron chi connectivity index (χ1n) is 6.27. The van der Waals surface area contributed by atoms with Crippen LogP contribution in [0.1, 0.15) is 29.6 Å². The van der Waals surface area contributed by atoms with E-state index in [1.54, 1.807) is 0 Å². The van der Waals surface area contributed by atoms with Gasteiger partial charge in [0, 0.05) is 28.8 Å². The number of hydrogen-bond donors (Lipinski definition) is 0. The van der Waals surface area contributed by atoms with Gasteiger partial charge in [-0.05, 0) is 58.8 Å². The van der Waals surface area contributed by atoms with Crippen molar-refractivity contribution < 1.29 is 4.79 Å². The first-order chi connectivity index (χ1) is 8.28. The molecule has 2 atom stereocenters. The van der Waals surface area contributed by atoms with Crippen molar-refractivity contribution in [1.82, 2.24) is 0 Å². The summed E-state index contributed by atoms with van der Waals surface area (Å²) >= 11 is 3.46. The number of hydrogen-bond acceptors (Lipinski definition) is 2. The fourth-order valence-corrected chi connectivity index (χ4v) is 3.71. The average molecular weight is 294 g/mol. The Hall–Kier alpha value is -0.830. The van der Waals surface area contributed by atoms with Gasteiger partial charge in [0.15, 0.2) is 6.29 Å². The van der Waals surface area contributed by atoms with Crippen molar-refractivity contribution in [3.05, 3.63) is 28.2 Å². The molecular formula is C14H16BrNO. The van der Waals surface area contributed by atoms with Crippen LogP contribution in [0, 0.1) is 11.8 Å². The Kier molecular flexibility index (Phi) is 2.95. The minimum atomic E-state index is 0.730. The second kappa shape index (κ2) is 4.45. The van der Waals surface area contributed by atoms with E-state index in [1.807, 2.05) is 6.07 Å². The summed E-state index contributed by atoms with van der Waals surface area (Å²) in [4.78, 5) is 13.2. The molecule has 2 unspecified atom stereocenters. The Bertz CT molecular complexity index is 434. The molecular weight excluding hydrogens is 278 g/mol. The predicted molar refractivity (Wildman–Crippen MR) is 72.6 cm³/mol. The van der Waals surface area contributed by atoms with Gasteiger partial charge in [0.05, 0.1) is 0 Å². The highest BCUT2D eigenvalue weighted by molar-refractivity contribution is 9.10. The fourth-order valence-electron chi connectivity index (χ4n) is 3.25. The lowest BCUT2D eigenvalue weighted by atomic mass is 10.0. The summed E-state index contributed by atoms with van der Waals surface area (Å²) in [5.74, 6) is 1.80. The van der Waals surface area contributed by atoms with Crippen LogP contribution in [0.5, 0.6) is 0 Å². The van der Waals surface area contributed by atoms with E-state index in [9.17, 15) is 4.79 Å². The smallest absolute Gasteiger partial charge is 0.151 e. The van der Waals surface area contributed by atoms with Gasteiger partial charge in [-0.1, -0.05) is 6.42 Å². The molecule has 1 saturated carbocycles. The van der Waals surface area contributed by atoms with Crippen molar-refractivity contribution in [3.63, 3.8) is 0 Å². The second-order valence-corrected chi connectivity index (χ2v) is 6.03. The van der Waals surface area contributed by atoms with Crippen molar-refractivity contribution >= 4 is 27.9 Å². The molecule has 3 rings (SSSR count). The Morgan fingerprint density at radius 1 is 1.24 bits per heavy atom. The number of benzene rings is 1. The van der Waals surface area contributed by atoms with Gasteiger partial charge in [-0.15, -0.1) is 0 Å². The number of rotatable bonds is 2. The molecule has 1 heterocycles. The highest BCUT2D eigenvalue weighted by Crippen LogP contribution is 2.40. The van der Waals surface area contributed by atoms with Crippen LogP contribution in [-0.2, 0) is 0 Å². The van der Waals surface area contributed by atoms with Crippen LogP contribution in [0.15, 0.2) is 22.7 Å². The molecule has 0 spiro atoms. The molecule has 2 nitrogen and oxygen atoms in total. The van der Waals surface area contributed by atoms with Gasteiger partial charge in [0.1, 0.15) is 0 Å². The average Bonchev–Trinajstić information content (AvgIpc) is 2.88. The molecule has 0 amide bonds. The summed E-state index contributed by atoms with van der Waals surface area (Å²) < 4.78 is 0.905. The molecule has 0 radical (unpaired) electrons. The molecule has 1 aromatic rings. The van der Waals surface area contributed by atoms with E-state index in [4.69, 9.17) is 0 Å². The summed E-state index contributed by atoms with van der Waals surface area (Å²) in [6.45, 7) is 2.38. The lowest BCUT2D eigenvalue weighted by Gasteiger charge is -2.20. The Morgan fingerprint density at radius 2 is 1.94 bits per heavy atom. The van der Waals surface area contributed by atoms with Gasteiger partial charge in [-0.25, -0.2) is 0 Å². The normalized spacial score (nSPS) is 27.2. The van der Waals surface area contributed by atoms with Crippen molar-refractivity contribution in [2.45, 2.75) is 19.3 Å². The quantitative estimate of drug-likeness (QED) is 0.778. The minimum Gasteiger partial charge on any atom is -0.371 e. The maximum atomic E-state index is 10.8. The lowest BCUT2D eigenvalue weighted by molar-refractivity contribution is 0.112.